The van der Waals surface area contributed by atoms with Crippen LogP contribution in [0.15, 0.2) is 48.5 Å². The van der Waals surface area contributed by atoms with Gasteiger partial charge in [-0.1, -0.05) is 61.4 Å². The van der Waals surface area contributed by atoms with Crippen LogP contribution in [0.3, 0.4) is 0 Å². The Bertz CT molecular complexity index is 1050. The largest absolute Gasteiger partial charge is 0.481 e. The fourth-order valence-electron chi connectivity index (χ4n) is 5.14. The first-order valence-electron chi connectivity index (χ1n) is 12.4. The minimum absolute atomic E-state index is 0.00123. The van der Waals surface area contributed by atoms with Gasteiger partial charge in [0.1, 0.15) is 6.61 Å². The Morgan fingerprint density at radius 1 is 0.971 bits per heavy atom. The molecule has 2 aliphatic rings. The number of alkyl carbamates (subject to hydrolysis) is 1. The molecule has 186 valence electrons. The highest BCUT2D eigenvalue weighted by atomic mass is 16.5. The normalized spacial score (nSPS) is 19.4. The maximum absolute atomic E-state index is 12.8. The lowest BCUT2D eigenvalue weighted by Crippen LogP contribution is -2.45. The number of rotatable bonds is 8. The van der Waals surface area contributed by atoms with Crippen molar-refractivity contribution in [1.82, 2.24) is 10.6 Å². The number of ether oxygens (including phenoxy) is 1. The van der Waals surface area contributed by atoms with Crippen LogP contribution in [0.25, 0.3) is 11.1 Å². The Balaban J connectivity index is 1.32. The van der Waals surface area contributed by atoms with E-state index in [9.17, 15) is 19.5 Å². The summed E-state index contributed by atoms with van der Waals surface area (Å²) >= 11 is 0. The lowest BCUT2D eigenvalue weighted by atomic mass is 9.82. The third-order valence-corrected chi connectivity index (χ3v) is 7.31. The zero-order valence-corrected chi connectivity index (χ0v) is 20.4. The molecule has 1 fully saturated rings. The molecule has 0 saturated heterocycles. The molecule has 4 rings (SSSR count). The molecular weight excluding hydrogens is 444 g/mol. The number of carbonyl (C=O) groups is 3. The fraction of sp³-hybridized carbons (Fsp3) is 0.464. The molecule has 3 N–H and O–H groups in total. The van der Waals surface area contributed by atoms with E-state index in [-0.39, 0.29) is 43.4 Å². The molecule has 7 heteroatoms. The maximum atomic E-state index is 12.8. The molecule has 2 unspecified atom stereocenters. The molecule has 0 bridgehead atoms. The predicted molar refractivity (Wildman–Crippen MR) is 133 cm³/mol. The summed E-state index contributed by atoms with van der Waals surface area (Å²) in [7, 11) is 0. The van der Waals surface area contributed by atoms with Crippen LogP contribution in [0.1, 0.15) is 63.0 Å². The number of hydrogen-bond acceptors (Lipinski definition) is 4. The number of amides is 2. The first-order valence-corrected chi connectivity index (χ1v) is 12.4. The zero-order valence-electron chi connectivity index (χ0n) is 20.4. The SMILES string of the molecule is CC(C)(CNC(=O)CC1CCCCC1NC(=O)OCC1c2ccccc2-c2ccccc21)C(=O)O. The van der Waals surface area contributed by atoms with Crippen molar-refractivity contribution in [2.24, 2.45) is 11.3 Å². The smallest absolute Gasteiger partial charge is 0.407 e. The van der Waals surface area contributed by atoms with Gasteiger partial charge in [0.15, 0.2) is 0 Å². The van der Waals surface area contributed by atoms with Gasteiger partial charge >= 0.3 is 12.1 Å². The van der Waals surface area contributed by atoms with Crippen molar-refractivity contribution in [3.63, 3.8) is 0 Å². The minimum atomic E-state index is -1.03. The summed E-state index contributed by atoms with van der Waals surface area (Å²) in [5, 5.41) is 15.0. The summed E-state index contributed by atoms with van der Waals surface area (Å²) in [4.78, 5) is 36.5. The summed E-state index contributed by atoms with van der Waals surface area (Å²) in [6.45, 7) is 3.48. The van der Waals surface area contributed by atoms with Gasteiger partial charge in [0.2, 0.25) is 5.91 Å². The molecule has 0 aliphatic heterocycles. The van der Waals surface area contributed by atoms with E-state index in [1.165, 1.54) is 11.1 Å². The van der Waals surface area contributed by atoms with Gasteiger partial charge < -0.3 is 20.5 Å². The number of carboxylic acids is 1. The van der Waals surface area contributed by atoms with Crippen molar-refractivity contribution in [1.29, 1.82) is 0 Å². The number of carbonyl (C=O) groups excluding carboxylic acids is 2. The van der Waals surface area contributed by atoms with Gasteiger partial charge in [0.25, 0.3) is 0 Å². The molecule has 2 atom stereocenters. The van der Waals surface area contributed by atoms with E-state index in [2.05, 4.69) is 34.9 Å². The Morgan fingerprint density at radius 3 is 2.20 bits per heavy atom. The Morgan fingerprint density at radius 2 is 1.57 bits per heavy atom. The highest BCUT2D eigenvalue weighted by Crippen LogP contribution is 2.44. The van der Waals surface area contributed by atoms with Crippen LogP contribution in [-0.4, -0.2) is 42.3 Å². The van der Waals surface area contributed by atoms with E-state index in [4.69, 9.17) is 4.74 Å². The summed E-state index contributed by atoms with van der Waals surface area (Å²) in [6, 6.07) is 16.3. The van der Waals surface area contributed by atoms with Crippen molar-refractivity contribution in [2.45, 2.75) is 57.9 Å². The van der Waals surface area contributed by atoms with Gasteiger partial charge in [-0.15, -0.1) is 0 Å². The van der Waals surface area contributed by atoms with E-state index < -0.39 is 17.5 Å². The second kappa shape index (κ2) is 10.5. The minimum Gasteiger partial charge on any atom is -0.481 e. The van der Waals surface area contributed by atoms with E-state index in [0.29, 0.717) is 0 Å². The van der Waals surface area contributed by atoms with Crippen LogP contribution in [0, 0.1) is 11.3 Å². The molecule has 2 aliphatic carbocycles. The van der Waals surface area contributed by atoms with Gasteiger partial charge in [0, 0.05) is 24.9 Å². The molecule has 2 aromatic carbocycles. The molecule has 1 saturated carbocycles. The molecule has 2 aromatic rings. The maximum Gasteiger partial charge on any atom is 0.407 e. The molecule has 0 heterocycles. The topological polar surface area (TPSA) is 105 Å². The van der Waals surface area contributed by atoms with Crippen molar-refractivity contribution in [2.75, 3.05) is 13.2 Å². The number of nitrogens with one attached hydrogen (secondary N) is 2. The molecule has 7 nitrogen and oxygen atoms in total. The highest BCUT2D eigenvalue weighted by Gasteiger charge is 2.32. The van der Waals surface area contributed by atoms with Crippen LogP contribution >= 0.6 is 0 Å². The van der Waals surface area contributed by atoms with Crippen LogP contribution in [-0.2, 0) is 14.3 Å². The van der Waals surface area contributed by atoms with Gasteiger partial charge in [-0.2, -0.15) is 0 Å². The molecular formula is C28H34N2O5. The molecule has 0 aromatic heterocycles. The summed E-state index contributed by atoms with van der Waals surface area (Å²) < 4.78 is 5.70. The fourth-order valence-corrected chi connectivity index (χ4v) is 5.14. The lowest BCUT2D eigenvalue weighted by molar-refractivity contribution is -0.146. The van der Waals surface area contributed by atoms with E-state index in [1.54, 1.807) is 13.8 Å². The highest BCUT2D eigenvalue weighted by molar-refractivity contribution is 5.80. The second-order valence-corrected chi connectivity index (χ2v) is 10.3. The zero-order chi connectivity index (χ0) is 25.0. The first-order chi connectivity index (χ1) is 16.8. The van der Waals surface area contributed by atoms with Gasteiger partial charge in [0.05, 0.1) is 5.41 Å². The van der Waals surface area contributed by atoms with Gasteiger partial charge in [-0.3, -0.25) is 9.59 Å². The molecule has 0 radical (unpaired) electrons. The van der Waals surface area contributed by atoms with Crippen LogP contribution in [0.2, 0.25) is 0 Å². The van der Waals surface area contributed by atoms with Crippen molar-refractivity contribution in [3.05, 3.63) is 59.7 Å². The quantitative estimate of drug-likeness (QED) is 0.510. The molecule has 0 spiro atoms. The summed E-state index contributed by atoms with van der Waals surface area (Å²) in [6.07, 6.45) is 3.41. The molecule has 35 heavy (non-hydrogen) atoms. The Hall–Kier alpha value is -3.35. The Kier molecular flexibility index (Phi) is 7.43. The number of carboxylic acid groups (broad SMARTS) is 1. The monoisotopic (exact) mass is 478 g/mol. The number of aliphatic carboxylic acids is 1. The van der Waals surface area contributed by atoms with Crippen molar-refractivity contribution in [3.8, 4) is 11.1 Å². The predicted octanol–water partition coefficient (Wildman–Crippen LogP) is 4.70. The van der Waals surface area contributed by atoms with Crippen LogP contribution in [0.4, 0.5) is 4.79 Å². The Labute approximate surface area is 206 Å². The van der Waals surface area contributed by atoms with Crippen molar-refractivity contribution < 1.29 is 24.2 Å². The first kappa shape index (κ1) is 24.8. The van der Waals surface area contributed by atoms with Crippen molar-refractivity contribution >= 4 is 18.0 Å². The molecule has 2 amide bonds. The van der Waals surface area contributed by atoms with Crippen LogP contribution in [0.5, 0.6) is 0 Å². The number of hydrogen-bond donors (Lipinski definition) is 3. The second-order valence-electron chi connectivity index (χ2n) is 10.3. The lowest BCUT2D eigenvalue weighted by Gasteiger charge is -2.32. The average molecular weight is 479 g/mol. The summed E-state index contributed by atoms with van der Waals surface area (Å²) in [5.74, 6) is -1.15. The summed E-state index contributed by atoms with van der Waals surface area (Å²) in [5.41, 5.74) is 3.67. The standard InChI is InChI=1S/C28H34N2O5/c1-28(2,26(32)33)17-29-25(31)15-18-9-3-8-14-24(18)30-27(34)35-16-23-21-12-6-4-10-19(21)20-11-5-7-13-22(20)23/h4-7,10-13,18,23-24H,3,8-9,14-17H2,1-2H3,(H,29,31)(H,30,34)(H,32,33). The van der Waals surface area contributed by atoms with E-state index in [0.717, 1.165) is 36.8 Å². The van der Waals surface area contributed by atoms with Gasteiger partial charge in [-0.25, -0.2) is 4.79 Å². The van der Waals surface area contributed by atoms with Crippen LogP contribution < -0.4 is 10.6 Å². The van der Waals surface area contributed by atoms with Gasteiger partial charge in [-0.05, 0) is 54.9 Å². The number of benzene rings is 2. The third-order valence-electron chi connectivity index (χ3n) is 7.31. The van der Waals surface area contributed by atoms with E-state index in [1.807, 2.05) is 24.3 Å². The van der Waals surface area contributed by atoms with E-state index >= 15 is 0 Å². The number of fused-ring (bicyclic) bond motifs is 3. The average Bonchev–Trinajstić information content (AvgIpc) is 3.16. The third kappa shape index (κ3) is 5.66.